The van der Waals surface area contributed by atoms with E-state index < -0.39 is 5.79 Å². The smallest absolute Gasteiger partial charge is 0.306 e. The summed E-state index contributed by atoms with van der Waals surface area (Å²) >= 11 is 5.96. The van der Waals surface area contributed by atoms with E-state index in [2.05, 4.69) is 6.08 Å². The number of hydrogen-bond acceptors (Lipinski definition) is 7. The van der Waals surface area contributed by atoms with Crippen LogP contribution >= 0.6 is 11.6 Å². The minimum absolute atomic E-state index is 0.0113. The van der Waals surface area contributed by atoms with Crippen molar-refractivity contribution in [1.29, 1.82) is 0 Å². The molecule has 8 heteroatoms. The van der Waals surface area contributed by atoms with Crippen LogP contribution in [0.25, 0.3) is 0 Å². The zero-order valence-electron chi connectivity index (χ0n) is 18.0. The molecule has 1 unspecified atom stereocenters. The number of ether oxygens (including phenoxy) is 6. The molecule has 3 aliphatic heterocycles. The first-order valence-corrected chi connectivity index (χ1v) is 11.8. The number of halogens is 1. The van der Waals surface area contributed by atoms with Gasteiger partial charge in [-0.25, -0.2) is 0 Å². The monoisotopic (exact) mass is 464 g/mol. The maximum atomic E-state index is 11.9. The lowest BCUT2D eigenvalue weighted by molar-refractivity contribution is -0.194. The van der Waals surface area contributed by atoms with Gasteiger partial charge < -0.3 is 28.4 Å². The van der Waals surface area contributed by atoms with Gasteiger partial charge >= 0.3 is 5.97 Å². The van der Waals surface area contributed by atoms with Crippen LogP contribution in [0.15, 0.2) is 36.4 Å². The lowest BCUT2D eigenvalue weighted by Crippen LogP contribution is -2.36. The van der Waals surface area contributed by atoms with Gasteiger partial charge in [-0.2, -0.15) is 0 Å². The summed E-state index contributed by atoms with van der Waals surface area (Å²) in [5.74, 6) is -0.333. The van der Waals surface area contributed by atoms with Crippen LogP contribution in [0.3, 0.4) is 0 Å². The van der Waals surface area contributed by atoms with Crippen LogP contribution in [0.1, 0.15) is 32.1 Å². The van der Waals surface area contributed by atoms with Crippen molar-refractivity contribution in [1.82, 2.24) is 0 Å². The first-order valence-electron chi connectivity index (χ1n) is 11.4. The SMILES string of the molecule is O=C1C[C@@H]2[C@@H](/C=C/C3(COc4ccc(Cl)cc4)OCCO3)[C@H](OC3CCCCO3)C[C@@H]2O1. The van der Waals surface area contributed by atoms with E-state index in [0.29, 0.717) is 36.8 Å². The van der Waals surface area contributed by atoms with E-state index in [-0.39, 0.29) is 42.9 Å². The Hall–Kier alpha value is -1.64. The van der Waals surface area contributed by atoms with E-state index in [1.165, 1.54) is 0 Å². The van der Waals surface area contributed by atoms with E-state index in [4.69, 9.17) is 40.0 Å². The van der Waals surface area contributed by atoms with Crippen LogP contribution in [-0.4, -0.2) is 56.7 Å². The van der Waals surface area contributed by atoms with Gasteiger partial charge in [0.1, 0.15) is 18.5 Å². The van der Waals surface area contributed by atoms with Gasteiger partial charge in [0.2, 0.25) is 5.79 Å². The topological polar surface area (TPSA) is 72.5 Å². The second-order valence-electron chi connectivity index (χ2n) is 8.79. The lowest BCUT2D eigenvalue weighted by Gasteiger charge is -2.29. The molecular weight excluding hydrogens is 436 g/mol. The third kappa shape index (κ3) is 4.97. The summed E-state index contributed by atoms with van der Waals surface area (Å²) in [4.78, 5) is 11.9. The van der Waals surface area contributed by atoms with Crippen LogP contribution in [0.5, 0.6) is 5.75 Å². The average molecular weight is 465 g/mol. The van der Waals surface area contributed by atoms with Crippen molar-refractivity contribution in [3.8, 4) is 5.75 Å². The first kappa shape index (κ1) is 22.2. The minimum Gasteiger partial charge on any atom is -0.488 e. The van der Waals surface area contributed by atoms with Crippen molar-refractivity contribution >= 4 is 17.6 Å². The minimum atomic E-state index is -0.979. The summed E-state index contributed by atoms with van der Waals surface area (Å²) in [7, 11) is 0. The van der Waals surface area contributed by atoms with E-state index >= 15 is 0 Å². The molecule has 0 radical (unpaired) electrons. The molecule has 4 fully saturated rings. The van der Waals surface area contributed by atoms with Crippen molar-refractivity contribution in [2.45, 2.75) is 56.4 Å². The second kappa shape index (κ2) is 9.69. The molecule has 1 aromatic carbocycles. The molecule has 32 heavy (non-hydrogen) atoms. The molecule has 0 aromatic heterocycles. The summed E-state index contributed by atoms with van der Waals surface area (Å²) in [5.41, 5.74) is 0. The Labute approximate surface area is 192 Å². The maximum absolute atomic E-state index is 11.9. The number of hydrogen-bond donors (Lipinski definition) is 0. The normalized spacial score (nSPS) is 34.0. The highest BCUT2D eigenvalue weighted by molar-refractivity contribution is 6.30. The fourth-order valence-electron chi connectivity index (χ4n) is 4.99. The fraction of sp³-hybridized carbons (Fsp3) is 0.625. The Kier molecular flexibility index (Phi) is 6.71. The van der Waals surface area contributed by atoms with Crippen molar-refractivity contribution in [2.75, 3.05) is 26.4 Å². The molecule has 1 aromatic rings. The van der Waals surface area contributed by atoms with E-state index in [0.717, 1.165) is 25.9 Å². The van der Waals surface area contributed by atoms with Crippen LogP contribution in [0.4, 0.5) is 0 Å². The Bertz CT molecular complexity index is 814. The van der Waals surface area contributed by atoms with Crippen LogP contribution in [0, 0.1) is 11.8 Å². The van der Waals surface area contributed by atoms with E-state index in [9.17, 15) is 4.79 Å². The molecule has 3 heterocycles. The van der Waals surface area contributed by atoms with Crippen LogP contribution in [-0.2, 0) is 28.5 Å². The molecule has 0 spiro atoms. The van der Waals surface area contributed by atoms with Crippen LogP contribution in [0.2, 0.25) is 5.02 Å². The van der Waals surface area contributed by atoms with Gasteiger partial charge in [-0.05, 0) is 49.6 Å². The zero-order valence-corrected chi connectivity index (χ0v) is 18.7. The van der Waals surface area contributed by atoms with Crippen molar-refractivity contribution < 1.29 is 33.2 Å². The molecule has 4 aliphatic rings. The summed E-state index contributed by atoms with van der Waals surface area (Å²) in [6.07, 6.45) is 7.76. The number of carbonyl (C=O) groups is 1. The van der Waals surface area contributed by atoms with E-state index in [1.807, 2.05) is 18.2 Å². The van der Waals surface area contributed by atoms with Gasteiger partial charge in [-0.1, -0.05) is 17.7 Å². The molecule has 0 bridgehead atoms. The fourth-order valence-corrected chi connectivity index (χ4v) is 5.12. The number of benzene rings is 1. The Morgan fingerprint density at radius 1 is 1.12 bits per heavy atom. The van der Waals surface area contributed by atoms with E-state index in [1.54, 1.807) is 12.1 Å². The average Bonchev–Trinajstić information content (AvgIpc) is 3.48. The highest BCUT2D eigenvalue weighted by atomic mass is 35.5. The third-order valence-electron chi connectivity index (χ3n) is 6.62. The third-order valence-corrected chi connectivity index (χ3v) is 6.87. The summed E-state index contributed by atoms with van der Waals surface area (Å²) < 4.78 is 35.5. The predicted molar refractivity (Wildman–Crippen MR) is 115 cm³/mol. The van der Waals surface area contributed by atoms with Crippen molar-refractivity contribution in [3.63, 3.8) is 0 Å². The summed E-state index contributed by atoms with van der Waals surface area (Å²) in [5, 5.41) is 0.650. The van der Waals surface area contributed by atoms with Gasteiger partial charge in [0, 0.05) is 29.9 Å². The maximum Gasteiger partial charge on any atom is 0.306 e. The molecule has 174 valence electrons. The number of esters is 1. The first-order chi connectivity index (χ1) is 15.6. The molecule has 5 rings (SSSR count). The number of carbonyl (C=O) groups excluding carboxylic acids is 1. The van der Waals surface area contributed by atoms with Gasteiger partial charge in [0.25, 0.3) is 0 Å². The lowest BCUT2D eigenvalue weighted by atomic mass is 9.91. The highest BCUT2D eigenvalue weighted by Crippen LogP contribution is 2.44. The molecular formula is C24H29ClO7. The molecule has 1 saturated carbocycles. The molecule has 7 nitrogen and oxygen atoms in total. The van der Waals surface area contributed by atoms with Crippen LogP contribution < -0.4 is 4.74 Å². The molecule has 5 atom stereocenters. The Balaban J connectivity index is 1.29. The highest BCUT2D eigenvalue weighted by Gasteiger charge is 2.51. The number of fused-ring (bicyclic) bond motifs is 1. The molecule has 1 aliphatic carbocycles. The Morgan fingerprint density at radius 3 is 2.69 bits per heavy atom. The second-order valence-corrected chi connectivity index (χ2v) is 9.23. The summed E-state index contributed by atoms with van der Waals surface area (Å²) in [6, 6.07) is 7.18. The van der Waals surface area contributed by atoms with Gasteiger partial charge in [0.15, 0.2) is 6.29 Å². The number of rotatable bonds is 7. The van der Waals surface area contributed by atoms with Gasteiger partial charge in [-0.15, -0.1) is 0 Å². The molecule has 0 N–H and O–H groups in total. The van der Waals surface area contributed by atoms with Gasteiger partial charge in [-0.3, -0.25) is 4.79 Å². The predicted octanol–water partition coefficient (Wildman–Crippen LogP) is 3.88. The largest absolute Gasteiger partial charge is 0.488 e. The standard InChI is InChI=1S/C24H29ClO7/c25-16-4-6-17(7-5-16)28-15-24(29-11-12-30-24)9-8-18-19-13-22(26)31-21(19)14-20(18)32-23-3-1-2-10-27-23/h4-9,18-21,23H,1-3,10-15H2/b9-8+/t18-,19-,20-,21+,23?/m1/s1. The van der Waals surface area contributed by atoms with Crippen molar-refractivity contribution in [2.24, 2.45) is 11.8 Å². The molecule has 3 saturated heterocycles. The molecule has 0 amide bonds. The zero-order chi connectivity index (χ0) is 22.0. The van der Waals surface area contributed by atoms with Crippen molar-refractivity contribution in [3.05, 3.63) is 41.4 Å². The van der Waals surface area contributed by atoms with Gasteiger partial charge in [0.05, 0.1) is 25.7 Å². The quantitative estimate of drug-likeness (QED) is 0.448. The summed E-state index contributed by atoms with van der Waals surface area (Å²) in [6.45, 7) is 1.91. The Morgan fingerprint density at radius 2 is 1.94 bits per heavy atom.